The van der Waals surface area contributed by atoms with E-state index in [1.165, 1.54) is 0 Å². The molecule has 2 aromatic heterocycles. The van der Waals surface area contributed by atoms with Crippen molar-refractivity contribution in [3.05, 3.63) is 41.3 Å². The highest BCUT2D eigenvalue weighted by Gasteiger charge is 2.07. The van der Waals surface area contributed by atoms with E-state index in [1.807, 2.05) is 36.7 Å². The second-order valence-electron chi connectivity index (χ2n) is 4.92. The number of aryl methyl sites for hydroxylation is 3. The fraction of sp³-hybridized carbons (Fsp3) is 0.400. The van der Waals surface area contributed by atoms with Crippen LogP contribution in [-0.4, -0.2) is 34.3 Å². The average Bonchev–Trinajstić information content (AvgIpc) is 2.81. The molecule has 0 saturated heterocycles. The lowest BCUT2D eigenvalue weighted by molar-refractivity contribution is 0.0947. The molecule has 0 atom stereocenters. The quantitative estimate of drug-likeness (QED) is 0.794. The van der Waals surface area contributed by atoms with Gasteiger partial charge in [-0.3, -0.25) is 9.48 Å². The van der Waals surface area contributed by atoms with E-state index >= 15 is 0 Å². The van der Waals surface area contributed by atoms with E-state index in [4.69, 9.17) is 0 Å². The Bertz CT molecular complexity index is 620. The van der Waals surface area contributed by atoms with Crippen LogP contribution in [0.2, 0.25) is 0 Å². The molecular weight excluding hydrogens is 266 g/mol. The van der Waals surface area contributed by atoms with Gasteiger partial charge in [0.1, 0.15) is 11.5 Å². The largest absolute Gasteiger partial charge is 0.373 e. The summed E-state index contributed by atoms with van der Waals surface area (Å²) in [6.45, 7) is 5.41. The molecule has 2 heterocycles. The fourth-order valence-electron chi connectivity index (χ4n) is 2.12. The Kier molecular flexibility index (Phi) is 4.92. The Hall–Kier alpha value is -2.37. The number of anilines is 1. The number of carbonyl (C=O) groups is 1. The maximum atomic E-state index is 12.0. The van der Waals surface area contributed by atoms with Crippen molar-refractivity contribution in [3.8, 4) is 0 Å². The van der Waals surface area contributed by atoms with E-state index in [9.17, 15) is 4.79 Å². The summed E-state index contributed by atoms with van der Waals surface area (Å²) in [5.41, 5.74) is 2.58. The molecule has 6 nitrogen and oxygen atoms in total. The summed E-state index contributed by atoms with van der Waals surface area (Å²) < 4.78 is 1.96. The zero-order valence-electron chi connectivity index (χ0n) is 12.7. The fourth-order valence-corrected chi connectivity index (χ4v) is 2.12. The van der Waals surface area contributed by atoms with E-state index in [0.717, 1.165) is 24.4 Å². The lowest BCUT2D eigenvalue weighted by Crippen LogP contribution is -2.26. The van der Waals surface area contributed by atoms with Gasteiger partial charge in [0.25, 0.3) is 5.91 Å². The zero-order valence-corrected chi connectivity index (χ0v) is 12.7. The van der Waals surface area contributed by atoms with Crippen molar-refractivity contribution in [2.75, 3.05) is 18.9 Å². The summed E-state index contributed by atoms with van der Waals surface area (Å²) >= 11 is 0. The number of nitrogens with one attached hydrogen (secondary N) is 2. The van der Waals surface area contributed by atoms with Gasteiger partial charge < -0.3 is 10.6 Å². The van der Waals surface area contributed by atoms with Crippen molar-refractivity contribution in [1.82, 2.24) is 20.1 Å². The normalized spacial score (nSPS) is 10.4. The minimum Gasteiger partial charge on any atom is -0.373 e. The predicted octanol–water partition coefficient (Wildman–Crippen LogP) is 1.76. The molecule has 0 aliphatic heterocycles. The molecule has 6 heteroatoms. The van der Waals surface area contributed by atoms with Crippen LogP contribution >= 0.6 is 0 Å². The minimum absolute atomic E-state index is 0.152. The third kappa shape index (κ3) is 4.05. The summed E-state index contributed by atoms with van der Waals surface area (Å²) in [6, 6.07) is 7.38. The Labute approximate surface area is 124 Å². The van der Waals surface area contributed by atoms with E-state index in [-0.39, 0.29) is 5.91 Å². The Morgan fingerprint density at radius 1 is 1.33 bits per heavy atom. The lowest BCUT2D eigenvalue weighted by Gasteiger charge is -2.07. The first-order valence-electron chi connectivity index (χ1n) is 7.04. The maximum Gasteiger partial charge on any atom is 0.269 e. The second kappa shape index (κ2) is 6.88. The van der Waals surface area contributed by atoms with Gasteiger partial charge in [0, 0.05) is 25.8 Å². The van der Waals surface area contributed by atoms with Crippen molar-refractivity contribution in [1.29, 1.82) is 0 Å². The van der Waals surface area contributed by atoms with Gasteiger partial charge in [0.2, 0.25) is 0 Å². The van der Waals surface area contributed by atoms with Gasteiger partial charge in [0.15, 0.2) is 0 Å². The zero-order chi connectivity index (χ0) is 15.2. The molecule has 0 radical (unpaired) electrons. The molecule has 0 aliphatic rings. The number of amides is 1. The van der Waals surface area contributed by atoms with Crippen LogP contribution in [-0.2, 0) is 6.54 Å². The van der Waals surface area contributed by atoms with Crippen LogP contribution in [0, 0.1) is 13.8 Å². The Morgan fingerprint density at radius 3 is 2.81 bits per heavy atom. The number of pyridine rings is 1. The van der Waals surface area contributed by atoms with Crippen molar-refractivity contribution < 1.29 is 4.79 Å². The molecule has 0 spiro atoms. The predicted molar refractivity (Wildman–Crippen MR) is 82.4 cm³/mol. The summed E-state index contributed by atoms with van der Waals surface area (Å²) in [4.78, 5) is 16.2. The van der Waals surface area contributed by atoms with Crippen molar-refractivity contribution in [2.24, 2.45) is 0 Å². The SMILES string of the molecule is CNc1cccc(C(=O)NCCCn2nc(C)cc2C)n1. The molecule has 0 saturated carbocycles. The van der Waals surface area contributed by atoms with Crippen LogP contribution in [0.3, 0.4) is 0 Å². The Morgan fingerprint density at radius 2 is 2.14 bits per heavy atom. The van der Waals surface area contributed by atoms with Crippen LogP contribution < -0.4 is 10.6 Å². The molecule has 0 aromatic carbocycles. The van der Waals surface area contributed by atoms with Crippen LogP contribution in [0.15, 0.2) is 24.3 Å². The number of carbonyl (C=O) groups excluding carboxylic acids is 1. The summed E-state index contributed by atoms with van der Waals surface area (Å²) in [5, 5.41) is 10.2. The first kappa shape index (κ1) is 15.0. The van der Waals surface area contributed by atoms with Crippen LogP contribution in [0.5, 0.6) is 0 Å². The topological polar surface area (TPSA) is 71.8 Å². The molecule has 0 aliphatic carbocycles. The molecule has 2 aromatic rings. The Balaban J connectivity index is 1.80. The van der Waals surface area contributed by atoms with Gasteiger partial charge in [-0.1, -0.05) is 6.07 Å². The monoisotopic (exact) mass is 287 g/mol. The number of hydrogen-bond acceptors (Lipinski definition) is 4. The van der Waals surface area contributed by atoms with Crippen molar-refractivity contribution in [3.63, 3.8) is 0 Å². The van der Waals surface area contributed by atoms with Gasteiger partial charge in [-0.05, 0) is 38.5 Å². The second-order valence-corrected chi connectivity index (χ2v) is 4.92. The van der Waals surface area contributed by atoms with Gasteiger partial charge >= 0.3 is 0 Å². The maximum absolute atomic E-state index is 12.0. The molecule has 21 heavy (non-hydrogen) atoms. The number of nitrogens with zero attached hydrogens (tertiary/aromatic N) is 3. The van der Waals surface area contributed by atoms with Crippen LogP contribution in [0.25, 0.3) is 0 Å². The lowest BCUT2D eigenvalue weighted by atomic mass is 10.3. The van der Waals surface area contributed by atoms with Gasteiger partial charge in [-0.2, -0.15) is 5.10 Å². The van der Waals surface area contributed by atoms with E-state index in [2.05, 4.69) is 20.7 Å². The number of aromatic nitrogens is 3. The third-order valence-electron chi connectivity index (χ3n) is 3.17. The highest BCUT2D eigenvalue weighted by Crippen LogP contribution is 2.04. The highest BCUT2D eigenvalue weighted by atomic mass is 16.1. The molecule has 2 N–H and O–H groups in total. The highest BCUT2D eigenvalue weighted by molar-refractivity contribution is 5.92. The first-order valence-corrected chi connectivity index (χ1v) is 7.04. The third-order valence-corrected chi connectivity index (χ3v) is 3.17. The minimum atomic E-state index is -0.152. The molecule has 0 fully saturated rings. The van der Waals surface area contributed by atoms with E-state index in [1.54, 1.807) is 13.1 Å². The molecule has 0 unspecified atom stereocenters. The van der Waals surface area contributed by atoms with E-state index in [0.29, 0.717) is 18.1 Å². The summed E-state index contributed by atoms with van der Waals surface area (Å²) in [7, 11) is 1.78. The van der Waals surface area contributed by atoms with Crippen LogP contribution in [0.1, 0.15) is 28.3 Å². The first-order chi connectivity index (χ1) is 10.1. The smallest absolute Gasteiger partial charge is 0.269 e. The van der Waals surface area contributed by atoms with Crippen molar-refractivity contribution >= 4 is 11.7 Å². The molecule has 1 amide bonds. The number of hydrogen-bond donors (Lipinski definition) is 2. The van der Waals surface area contributed by atoms with Gasteiger partial charge in [-0.15, -0.1) is 0 Å². The number of rotatable bonds is 6. The van der Waals surface area contributed by atoms with E-state index < -0.39 is 0 Å². The standard InChI is InChI=1S/C15H21N5O/c1-11-10-12(2)20(19-11)9-5-8-17-15(21)13-6-4-7-14(16-3)18-13/h4,6-7,10H,5,8-9H2,1-3H3,(H,16,18)(H,17,21). The van der Waals surface area contributed by atoms with Crippen molar-refractivity contribution in [2.45, 2.75) is 26.8 Å². The van der Waals surface area contributed by atoms with Gasteiger partial charge in [0.05, 0.1) is 5.69 Å². The van der Waals surface area contributed by atoms with Gasteiger partial charge in [-0.25, -0.2) is 4.98 Å². The molecule has 0 bridgehead atoms. The van der Waals surface area contributed by atoms with Crippen LogP contribution in [0.4, 0.5) is 5.82 Å². The average molecular weight is 287 g/mol. The summed E-state index contributed by atoms with van der Waals surface area (Å²) in [5.74, 6) is 0.533. The molecule has 2 rings (SSSR count). The molecule has 112 valence electrons. The molecular formula is C15H21N5O. The summed E-state index contributed by atoms with van der Waals surface area (Å²) in [6.07, 6.45) is 0.833.